The van der Waals surface area contributed by atoms with Gasteiger partial charge >= 0.3 is 0 Å². The van der Waals surface area contributed by atoms with Crippen LogP contribution in [0.25, 0.3) is 0 Å². The Hall–Kier alpha value is 0.440. The summed E-state index contributed by atoms with van der Waals surface area (Å²) in [5, 5.41) is 0.956. The summed E-state index contributed by atoms with van der Waals surface area (Å²) < 4.78 is 5.64. The number of unbranched alkanes of at least 4 members (excludes halogenated alkanes) is 2. The van der Waals surface area contributed by atoms with E-state index < -0.39 is 0 Å². The van der Waals surface area contributed by atoms with Crippen LogP contribution in [0.3, 0.4) is 0 Å². The first kappa shape index (κ1) is 12.4. The molecule has 74 valence electrons. The van der Waals surface area contributed by atoms with Crippen LogP contribution >= 0.6 is 15.9 Å². The molecule has 1 atom stereocenters. The Kier molecular flexibility index (Phi) is 9.88. The van der Waals surface area contributed by atoms with Gasteiger partial charge in [-0.2, -0.15) is 0 Å². The van der Waals surface area contributed by atoms with Gasteiger partial charge in [0.15, 0.2) is 0 Å². The summed E-state index contributed by atoms with van der Waals surface area (Å²) in [5.41, 5.74) is 0. The third-order valence-corrected chi connectivity index (χ3v) is 2.34. The van der Waals surface area contributed by atoms with Gasteiger partial charge in [0.25, 0.3) is 0 Å². The van der Waals surface area contributed by atoms with E-state index >= 15 is 0 Å². The highest BCUT2D eigenvalue weighted by Gasteiger charge is 2.04. The molecule has 12 heavy (non-hydrogen) atoms. The molecule has 0 aliphatic heterocycles. The maximum Gasteiger partial charge on any atom is 0.0572 e. The topological polar surface area (TPSA) is 9.23 Å². The predicted octanol–water partition coefficient (Wildman–Crippen LogP) is 3.76. The van der Waals surface area contributed by atoms with Crippen molar-refractivity contribution in [1.29, 1.82) is 0 Å². The molecule has 0 saturated carbocycles. The number of alkyl halides is 1. The van der Waals surface area contributed by atoms with Crippen molar-refractivity contribution >= 4 is 15.9 Å². The molecule has 0 aromatic rings. The molecule has 0 aromatic carbocycles. The molecule has 0 aliphatic rings. The first-order chi connectivity index (χ1) is 5.85. The van der Waals surface area contributed by atoms with E-state index in [1.807, 2.05) is 0 Å². The van der Waals surface area contributed by atoms with E-state index in [9.17, 15) is 0 Å². The molecule has 0 radical (unpaired) electrons. The van der Waals surface area contributed by atoms with Crippen molar-refractivity contribution in [3.05, 3.63) is 0 Å². The van der Waals surface area contributed by atoms with Gasteiger partial charge in [0.1, 0.15) is 0 Å². The van der Waals surface area contributed by atoms with E-state index in [2.05, 4.69) is 29.8 Å². The number of rotatable bonds is 8. The monoisotopic (exact) mass is 236 g/mol. The van der Waals surface area contributed by atoms with Gasteiger partial charge in [-0.3, -0.25) is 0 Å². The van der Waals surface area contributed by atoms with E-state index in [0.29, 0.717) is 6.10 Å². The smallest absolute Gasteiger partial charge is 0.0572 e. The maximum absolute atomic E-state index is 5.64. The standard InChI is InChI=1S/C10H21BrO/c1-3-5-6-7-10(4-2)12-9-8-11/h10H,3-9H2,1-2H3. The summed E-state index contributed by atoms with van der Waals surface area (Å²) in [6.45, 7) is 5.29. The van der Waals surface area contributed by atoms with Gasteiger partial charge in [-0.05, 0) is 12.8 Å². The van der Waals surface area contributed by atoms with E-state index in [1.54, 1.807) is 0 Å². The number of hydrogen-bond donors (Lipinski definition) is 0. The molecular weight excluding hydrogens is 216 g/mol. The summed E-state index contributed by atoms with van der Waals surface area (Å²) in [4.78, 5) is 0. The fourth-order valence-corrected chi connectivity index (χ4v) is 1.43. The van der Waals surface area contributed by atoms with Gasteiger partial charge in [-0.1, -0.05) is 49.0 Å². The highest BCUT2D eigenvalue weighted by Crippen LogP contribution is 2.09. The lowest BCUT2D eigenvalue weighted by molar-refractivity contribution is 0.0547. The van der Waals surface area contributed by atoms with Crippen LogP contribution in [0.4, 0.5) is 0 Å². The first-order valence-electron chi connectivity index (χ1n) is 5.02. The molecule has 0 aromatic heterocycles. The lowest BCUT2D eigenvalue weighted by Gasteiger charge is -2.14. The second-order valence-corrected chi connectivity index (χ2v) is 3.88. The highest BCUT2D eigenvalue weighted by molar-refractivity contribution is 9.09. The fraction of sp³-hybridized carbons (Fsp3) is 1.00. The van der Waals surface area contributed by atoms with Crippen molar-refractivity contribution in [3.8, 4) is 0 Å². The third kappa shape index (κ3) is 7.11. The minimum atomic E-state index is 0.495. The normalized spacial score (nSPS) is 13.2. The van der Waals surface area contributed by atoms with Gasteiger partial charge in [0.2, 0.25) is 0 Å². The van der Waals surface area contributed by atoms with Gasteiger partial charge in [-0.25, -0.2) is 0 Å². The summed E-state index contributed by atoms with van der Waals surface area (Å²) in [6, 6.07) is 0. The summed E-state index contributed by atoms with van der Waals surface area (Å²) in [6.07, 6.45) is 6.84. The van der Waals surface area contributed by atoms with Gasteiger partial charge in [0.05, 0.1) is 12.7 Å². The Labute approximate surface area is 85.0 Å². The minimum absolute atomic E-state index is 0.495. The van der Waals surface area contributed by atoms with Crippen molar-refractivity contribution in [2.75, 3.05) is 11.9 Å². The summed E-state index contributed by atoms with van der Waals surface area (Å²) in [7, 11) is 0. The van der Waals surface area contributed by atoms with Crippen LogP contribution in [-0.4, -0.2) is 18.0 Å². The average molecular weight is 237 g/mol. The van der Waals surface area contributed by atoms with Crippen LogP contribution in [0.15, 0.2) is 0 Å². The van der Waals surface area contributed by atoms with E-state index in [4.69, 9.17) is 4.74 Å². The molecule has 0 fully saturated rings. The predicted molar refractivity (Wildman–Crippen MR) is 58.0 cm³/mol. The Morgan fingerprint density at radius 2 is 2.00 bits per heavy atom. The lowest BCUT2D eigenvalue weighted by atomic mass is 10.1. The van der Waals surface area contributed by atoms with Crippen molar-refractivity contribution in [3.63, 3.8) is 0 Å². The van der Waals surface area contributed by atoms with Crippen molar-refractivity contribution < 1.29 is 4.74 Å². The molecule has 0 N–H and O–H groups in total. The Balaban J connectivity index is 3.26. The Morgan fingerprint density at radius 3 is 2.50 bits per heavy atom. The summed E-state index contributed by atoms with van der Waals surface area (Å²) in [5.74, 6) is 0. The van der Waals surface area contributed by atoms with Crippen molar-refractivity contribution in [2.24, 2.45) is 0 Å². The number of ether oxygens (including phenoxy) is 1. The third-order valence-electron chi connectivity index (χ3n) is 2.02. The van der Waals surface area contributed by atoms with Crippen LogP contribution in [0, 0.1) is 0 Å². The molecule has 0 heterocycles. The lowest BCUT2D eigenvalue weighted by Crippen LogP contribution is -2.13. The number of halogens is 1. The molecule has 0 amide bonds. The number of hydrogen-bond acceptors (Lipinski definition) is 1. The summed E-state index contributed by atoms with van der Waals surface area (Å²) >= 11 is 3.36. The second-order valence-electron chi connectivity index (χ2n) is 3.09. The quantitative estimate of drug-likeness (QED) is 0.461. The van der Waals surface area contributed by atoms with Gasteiger partial charge in [-0.15, -0.1) is 0 Å². The van der Waals surface area contributed by atoms with E-state index in [0.717, 1.165) is 18.4 Å². The molecule has 0 saturated heterocycles. The molecule has 0 aliphatic carbocycles. The minimum Gasteiger partial charge on any atom is -0.377 e. The molecular formula is C10H21BrO. The van der Waals surface area contributed by atoms with Crippen LogP contribution in [0.2, 0.25) is 0 Å². The molecule has 1 unspecified atom stereocenters. The molecule has 0 rings (SSSR count). The van der Waals surface area contributed by atoms with Crippen molar-refractivity contribution in [2.45, 2.75) is 52.1 Å². The molecule has 2 heteroatoms. The second kappa shape index (κ2) is 9.53. The van der Waals surface area contributed by atoms with E-state index in [1.165, 1.54) is 25.7 Å². The van der Waals surface area contributed by atoms with Crippen molar-refractivity contribution in [1.82, 2.24) is 0 Å². The van der Waals surface area contributed by atoms with Crippen LogP contribution in [0.1, 0.15) is 46.0 Å². The zero-order chi connectivity index (χ0) is 9.23. The SMILES string of the molecule is CCCCCC(CC)OCCBr. The Morgan fingerprint density at radius 1 is 1.25 bits per heavy atom. The first-order valence-corrected chi connectivity index (χ1v) is 6.14. The van der Waals surface area contributed by atoms with Gasteiger partial charge in [0, 0.05) is 5.33 Å². The highest BCUT2D eigenvalue weighted by atomic mass is 79.9. The van der Waals surface area contributed by atoms with Gasteiger partial charge < -0.3 is 4.74 Å². The average Bonchev–Trinajstić information content (AvgIpc) is 2.11. The van der Waals surface area contributed by atoms with E-state index in [-0.39, 0.29) is 0 Å². The zero-order valence-corrected chi connectivity index (χ0v) is 9.90. The molecule has 1 nitrogen and oxygen atoms in total. The largest absolute Gasteiger partial charge is 0.377 e. The van der Waals surface area contributed by atoms with Crippen LogP contribution in [-0.2, 0) is 4.74 Å². The Bertz CT molecular complexity index is 85.9. The van der Waals surface area contributed by atoms with Crippen LogP contribution < -0.4 is 0 Å². The zero-order valence-electron chi connectivity index (χ0n) is 8.31. The maximum atomic E-state index is 5.64. The molecule has 0 spiro atoms. The molecule has 0 bridgehead atoms. The fourth-order valence-electron chi connectivity index (χ4n) is 1.24. The van der Waals surface area contributed by atoms with Crippen LogP contribution in [0.5, 0.6) is 0 Å².